The highest BCUT2D eigenvalue weighted by atomic mass is 14.9. The van der Waals surface area contributed by atoms with Crippen LogP contribution in [0.3, 0.4) is 0 Å². The van der Waals surface area contributed by atoms with Crippen LogP contribution in [-0.4, -0.2) is 10.7 Å². The van der Waals surface area contributed by atoms with E-state index in [0.29, 0.717) is 0 Å². The van der Waals surface area contributed by atoms with E-state index in [1.54, 1.807) is 6.20 Å². The Morgan fingerprint density at radius 2 is 2.25 bits per heavy atom. The number of aliphatic imine (C=N–C) groups is 1. The van der Waals surface area contributed by atoms with Gasteiger partial charge < -0.3 is 0 Å². The Bertz CT molecular complexity index is 315. The van der Waals surface area contributed by atoms with Crippen LogP contribution in [0.15, 0.2) is 23.3 Å². The van der Waals surface area contributed by atoms with E-state index in [1.807, 2.05) is 6.07 Å². The van der Waals surface area contributed by atoms with Gasteiger partial charge in [0, 0.05) is 11.9 Å². The van der Waals surface area contributed by atoms with Crippen molar-refractivity contribution in [2.75, 3.05) is 0 Å². The minimum absolute atomic E-state index is 0.924. The lowest BCUT2D eigenvalue weighted by Crippen LogP contribution is -1.87. The number of fused-ring (bicyclic) bond motifs is 1. The molecule has 0 unspecified atom stereocenters. The number of aryl methyl sites for hydroxylation is 1. The zero-order valence-corrected chi connectivity index (χ0v) is 7.25. The molecule has 62 valence electrons. The monoisotopic (exact) mass is 160 g/mol. The number of aromatic nitrogens is 1. The lowest BCUT2D eigenvalue weighted by molar-refractivity contribution is 0.874. The molecular weight excluding hydrogens is 148 g/mol. The Morgan fingerprint density at radius 1 is 1.33 bits per heavy atom. The van der Waals surface area contributed by atoms with Gasteiger partial charge in [-0.25, -0.2) is 9.98 Å². The summed E-state index contributed by atoms with van der Waals surface area (Å²) in [5.41, 5.74) is 2.49. The van der Waals surface area contributed by atoms with Gasteiger partial charge in [0.1, 0.15) is 0 Å². The van der Waals surface area contributed by atoms with E-state index in [1.165, 1.54) is 17.7 Å². The molecule has 0 aromatic carbocycles. The number of nitrogens with zero attached hydrogens (tertiary/aromatic N) is 2. The standard InChI is InChI=1S/C10H12N2/c1-8-4-2-5-9-6-3-7-11-10(9)12-8/h3,6-7H,2,4-5H2,1H3. The van der Waals surface area contributed by atoms with E-state index >= 15 is 0 Å². The minimum atomic E-state index is 0.924. The van der Waals surface area contributed by atoms with Crippen molar-refractivity contribution in [1.29, 1.82) is 0 Å². The van der Waals surface area contributed by atoms with E-state index in [9.17, 15) is 0 Å². The average molecular weight is 160 g/mol. The maximum Gasteiger partial charge on any atom is 0.154 e. The first-order chi connectivity index (χ1) is 5.86. The topological polar surface area (TPSA) is 25.2 Å². The summed E-state index contributed by atoms with van der Waals surface area (Å²) in [5, 5.41) is 0. The maximum atomic E-state index is 4.45. The van der Waals surface area contributed by atoms with Crippen LogP contribution in [-0.2, 0) is 6.42 Å². The van der Waals surface area contributed by atoms with Crippen molar-refractivity contribution in [3.63, 3.8) is 0 Å². The summed E-state index contributed by atoms with van der Waals surface area (Å²) in [6.07, 6.45) is 5.23. The van der Waals surface area contributed by atoms with Gasteiger partial charge >= 0.3 is 0 Å². The van der Waals surface area contributed by atoms with Crippen LogP contribution in [0.5, 0.6) is 0 Å². The summed E-state index contributed by atoms with van der Waals surface area (Å²) in [6.45, 7) is 2.07. The normalized spacial score (nSPS) is 16.2. The van der Waals surface area contributed by atoms with Crippen molar-refractivity contribution in [3.8, 4) is 0 Å². The number of hydrogen-bond donors (Lipinski definition) is 0. The van der Waals surface area contributed by atoms with Crippen molar-refractivity contribution >= 4 is 11.5 Å². The summed E-state index contributed by atoms with van der Waals surface area (Å²) >= 11 is 0. The molecule has 0 N–H and O–H groups in total. The van der Waals surface area contributed by atoms with Crippen LogP contribution in [0.25, 0.3) is 0 Å². The second kappa shape index (κ2) is 3.05. The third-order valence-corrected chi connectivity index (χ3v) is 2.15. The van der Waals surface area contributed by atoms with E-state index < -0.39 is 0 Å². The van der Waals surface area contributed by atoms with E-state index in [2.05, 4.69) is 23.0 Å². The second-order valence-corrected chi connectivity index (χ2v) is 3.19. The zero-order chi connectivity index (χ0) is 8.39. The molecule has 1 aromatic heterocycles. The predicted molar refractivity (Wildman–Crippen MR) is 49.9 cm³/mol. The first-order valence-corrected chi connectivity index (χ1v) is 4.34. The van der Waals surface area contributed by atoms with Gasteiger partial charge in [-0.2, -0.15) is 0 Å². The molecule has 0 atom stereocenters. The van der Waals surface area contributed by atoms with Crippen LogP contribution in [0, 0.1) is 0 Å². The fourth-order valence-corrected chi connectivity index (χ4v) is 1.50. The van der Waals surface area contributed by atoms with E-state index in [4.69, 9.17) is 0 Å². The largest absolute Gasteiger partial charge is 0.238 e. The number of hydrogen-bond acceptors (Lipinski definition) is 2. The van der Waals surface area contributed by atoms with Crippen molar-refractivity contribution in [3.05, 3.63) is 23.9 Å². The molecule has 0 fully saturated rings. The zero-order valence-electron chi connectivity index (χ0n) is 7.25. The summed E-state index contributed by atoms with van der Waals surface area (Å²) in [4.78, 5) is 8.69. The maximum absolute atomic E-state index is 4.45. The Balaban J connectivity index is 2.47. The molecule has 0 aliphatic carbocycles. The molecular formula is C10H12N2. The van der Waals surface area contributed by atoms with Gasteiger partial charge in [-0.1, -0.05) is 6.07 Å². The molecule has 2 rings (SSSR count). The Labute approximate surface area is 72.4 Å². The minimum Gasteiger partial charge on any atom is -0.238 e. The van der Waals surface area contributed by atoms with Gasteiger partial charge in [-0.05, 0) is 37.8 Å². The van der Waals surface area contributed by atoms with E-state index in [0.717, 1.165) is 18.7 Å². The van der Waals surface area contributed by atoms with Crippen molar-refractivity contribution in [2.24, 2.45) is 4.99 Å². The number of rotatable bonds is 0. The van der Waals surface area contributed by atoms with Gasteiger partial charge in [-0.3, -0.25) is 0 Å². The SMILES string of the molecule is CC1=Nc2ncccc2CCC1. The van der Waals surface area contributed by atoms with Crippen molar-refractivity contribution < 1.29 is 0 Å². The van der Waals surface area contributed by atoms with Gasteiger partial charge in [0.2, 0.25) is 0 Å². The third kappa shape index (κ3) is 1.37. The van der Waals surface area contributed by atoms with Gasteiger partial charge in [0.25, 0.3) is 0 Å². The second-order valence-electron chi connectivity index (χ2n) is 3.19. The summed E-state index contributed by atoms with van der Waals surface area (Å²) in [5.74, 6) is 0.924. The van der Waals surface area contributed by atoms with Crippen molar-refractivity contribution in [2.45, 2.75) is 26.2 Å². The van der Waals surface area contributed by atoms with Gasteiger partial charge in [0.05, 0.1) is 0 Å². The molecule has 0 radical (unpaired) electrons. The average Bonchev–Trinajstić information content (AvgIpc) is 2.25. The van der Waals surface area contributed by atoms with Crippen LogP contribution in [0.4, 0.5) is 5.82 Å². The van der Waals surface area contributed by atoms with Gasteiger partial charge in [-0.15, -0.1) is 0 Å². The molecule has 0 saturated heterocycles. The molecule has 0 spiro atoms. The van der Waals surface area contributed by atoms with E-state index in [-0.39, 0.29) is 0 Å². The Kier molecular flexibility index (Phi) is 1.90. The first-order valence-electron chi connectivity index (χ1n) is 4.34. The Morgan fingerprint density at radius 3 is 3.17 bits per heavy atom. The lowest BCUT2D eigenvalue weighted by Gasteiger charge is -1.98. The molecule has 2 nitrogen and oxygen atoms in total. The fraction of sp³-hybridized carbons (Fsp3) is 0.400. The quantitative estimate of drug-likeness (QED) is 0.572. The molecule has 0 saturated carbocycles. The highest BCUT2D eigenvalue weighted by Crippen LogP contribution is 2.21. The van der Waals surface area contributed by atoms with Crippen LogP contribution < -0.4 is 0 Å². The van der Waals surface area contributed by atoms with Crippen LogP contribution >= 0.6 is 0 Å². The highest BCUT2D eigenvalue weighted by molar-refractivity contribution is 5.84. The van der Waals surface area contributed by atoms with Gasteiger partial charge in [0.15, 0.2) is 5.82 Å². The molecule has 0 amide bonds. The predicted octanol–water partition coefficient (Wildman–Crippen LogP) is 2.51. The molecule has 12 heavy (non-hydrogen) atoms. The number of pyridine rings is 1. The summed E-state index contributed by atoms with van der Waals surface area (Å²) in [6, 6.07) is 4.10. The lowest BCUT2D eigenvalue weighted by atomic mass is 10.1. The summed E-state index contributed by atoms with van der Waals surface area (Å²) < 4.78 is 0. The molecule has 2 heteroatoms. The molecule has 1 aliphatic rings. The molecule has 0 bridgehead atoms. The molecule has 1 aromatic rings. The third-order valence-electron chi connectivity index (χ3n) is 2.15. The highest BCUT2D eigenvalue weighted by Gasteiger charge is 2.06. The fourth-order valence-electron chi connectivity index (χ4n) is 1.50. The van der Waals surface area contributed by atoms with Crippen molar-refractivity contribution in [1.82, 2.24) is 4.98 Å². The first kappa shape index (κ1) is 7.47. The molecule has 2 heterocycles. The smallest absolute Gasteiger partial charge is 0.154 e. The van der Waals surface area contributed by atoms with Crippen LogP contribution in [0.2, 0.25) is 0 Å². The summed E-state index contributed by atoms with van der Waals surface area (Å²) in [7, 11) is 0. The van der Waals surface area contributed by atoms with Crippen LogP contribution in [0.1, 0.15) is 25.3 Å². The molecule has 1 aliphatic heterocycles. The Hall–Kier alpha value is -1.18.